The number of aryl methyl sites for hydroxylation is 1. The quantitative estimate of drug-likeness (QED) is 0.722. The molecule has 0 atom stereocenters. The second-order valence-electron chi connectivity index (χ2n) is 3.50. The topological polar surface area (TPSA) is 53.1 Å². The molecule has 0 saturated carbocycles. The van der Waals surface area contributed by atoms with Gasteiger partial charge in [-0.1, -0.05) is 0 Å². The lowest BCUT2D eigenvalue weighted by Crippen LogP contribution is -2.06. The van der Waals surface area contributed by atoms with E-state index in [1.54, 1.807) is 0 Å². The SMILES string of the molecule is Cc1nn(C(C)C)c(C)c1CON. The second-order valence-corrected chi connectivity index (χ2v) is 3.50. The van der Waals surface area contributed by atoms with Crippen molar-refractivity contribution in [1.29, 1.82) is 0 Å². The van der Waals surface area contributed by atoms with Crippen molar-refractivity contribution in [3.63, 3.8) is 0 Å². The summed E-state index contributed by atoms with van der Waals surface area (Å²) in [4.78, 5) is 4.63. The van der Waals surface area contributed by atoms with Crippen LogP contribution in [0.4, 0.5) is 0 Å². The molecule has 0 amide bonds. The fraction of sp³-hybridized carbons (Fsp3) is 0.667. The van der Waals surface area contributed by atoms with Crippen molar-refractivity contribution in [1.82, 2.24) is 9.78 Å². The molecule has 74 valence electrons. The van der Waals surface area contributed by atoms with Crippen molar-refractivity contribution >= 4 is 0 Å². The lowest BCUT2D eigenvalue weighted by Gasteiger charge is -2.08. The van der Waals surface area contributed by atoms with E-state index >= 15 is 0 Å². The fourth-order valence-corrected chi connectivity index (χ4v) is 1.49. The van der Waals surface area contributed by atoms with E-state index < -0.39 is 0 Å². The number of rotatable bonds is 3. The van der Waals surface area contributed by atoms with Gasteiger partial charge in [0.1, 0.15) is 0 Å². The van der Waals surface area contributed by atoms with Crippen molar-refractivity contribution in [2.45, 2.75) is 40.3 Å². The first-order valence-electron chi connectivity index (χ1n) is 4.44. The largest absolute Gasteiger partial charge is 0.300 e. The summed E-state index contributed by atoms with van der Waals surface area (Å²) >= 11 is 0. The molecule has 1 rings (SSSR count). The van der Waals surface area contributed by atoms with E-state index in [9.17, 15) is 0 Å². The van der Waals surface area contributed by atoms with Crippen LogP contribution in [-0.4, -0.2) is 9.78 Å². The second kappa shape index (κ2) is 3.89. The maximum Gasteiger partial charge on any atom is 0.0965 e. The minimum Gasteiger partial charge on any atom is -0.300 e. The third kappa shape index (κ3) is 1.89. The van der Waals surface area contributed by atoms with E-state index in [2.05, 4.69) is 23.8 Å². The van der Waals surface area contributed by atoms with Crippen LogP contribution in [0.3, 0.4) is 0 Å². The van der Waals surface area contributed by atoms with Gasteiger partial charge in [-0.05, 0) is 27.7 Å². The Morgan fingerprint density at radius 3 is 2.46 bits per heavy atom. The fourth-order valence-electron chi connectivity index (χ4n) is 1.49. The highest BCUT2D eigenvalue weighted by atomic mass is 16.6. The van der Waals surface area contributed by atoms with Crippen LogP contribution in [0.15, 0.2) is 0 Å². The van der Waals surface area contributed by atoms with Crippen LogP contribution in [0.5, 0.6) is 0 Å². The third-order valence-electron chi connectivity index (χ3n) is 2.19. The Kier molecular flexibility index (Phi) is 3.06. The van der Waals surface area contributed by atoms with Crippen molar-refractivity contribution < 1.29 is 4.84 Å². The summed E-state index contributed by atoms with van der Waals surface area (Å²) in [6, 6.07) is 0.380. The molecule has 1 aromatic rings. The molecule has 0 spiro atoms. The first kappa shape index (κ1) is 10.2. The average Bonchev–Trinajstić information content (AvgIpc) is 2.32. The summed E-state index contributed by atoms with van der Waals surface area (Å²) in [5.74, 6) is 5.05. The summed E-state index contributed by atoms with van der Waals surface area (Å²) in [6.07, 6.45) is 0. The van der Waals surface area contributed by atoms with E-state index in [-0.39, 0.29) is 0 Å². The first-order valence-corrected chi connectivity index (χ1v) is 4.44. The van der Waals surface area contributed by atoms with Gasteiger partial charge in [0, 0.05) is 17.3 Å². The maximum atomic E-state index is 5.05. The monoisotopic (exact) mass is 183 g/mol. The third-order valence-corrected chi connectivity index (χ3v) is 2.19. The molecule has 0 saturated heterocycles. The molecule has 4 nitrogen and oxygen atoms in total. The zero-order valence-electron chi connectivity index (χ0n) is 8.66. The highest BCUT2D eigenvalue weighted by Crippen LogP contribution is 2.17. The molecule has 2 N–H and O–H groups in total. The van der Waals surface area contributed by atoms with Gasteiger partial charge in [0.25, 0.3) is 0 Å². The molecule has 0 aliphatic carbocycles. The Bertz CT molecular complexity index is 291. The minimum atomic E-state index is 0.380. The van der Waals surface area contributed by atoms with Crippen LogP contribution in [0, 0.1) is 13.8 Å². The summed E-state index contributed by atoms with van der Waals surface area (Å²) in [5, 5.41) is 4.41. The van der Waals surface area contributed by atoms with Gasteiger partial charge in [0.15, 0.2) is 0 Å². The Hall–Kier alpha value is -0.870. The highest BCUT2D eigenvalue weighted by Gasteiger charge is 2.12. The molecule has 1 aromatic heterocycles. The van der Waals surface area contributed by atoms with Crippen LogP contribution in [-0.2, 0) is 11.4 Å². The molecular weight excluding hydrogens is 166 g/mol. The van der Waals surface area contributed by atoms with Gasteiger partial charge in [-0.25, -0.2) is 5.90 Å². The molecule has 0 bridgehead atoms. The molecule has 0 radical (unpaired) electrons. The van der Waals surface area contributed by atoms with Gasteiger partial charge in [-0.15, -0.1) is 0 Å². The zero-order chi connectivity index (χ0) is 10.0. The van der Waals surface area contributed by atoms with E-state index in [1.807, 2.05) is 18.5 Å². The number of hydrogen-bond donors (Lipinski definition) is 1. The van der Waals surface area contributed by atoms with Crippen molar-refractivity contribution in [2.24, 2.45) is 5.90 Å². The van der Waals surface area contributed by atoms with Gasteiger partial charge in [-0.2, -0.15) is 5.10 Å². The molecule has 1 heterocycles. The first-order chi connectivity index (χ1) is 6.07. The minimum absolute atomic E-state index is 0.380. The standard InChI is InChI=1S/C9H17N3O/c1-6(2)12-8(4)9(5-13-10)7(3)11-12/h6H,5,10H2,1-4H3. The smallest absolute Gasteiger partial charge is 0.0965 e. The summed E-state index contributed by atoms with van der Waals surface area (Å²) in [5.41, 5.74) is 3.23. The summed E-state index contributed by atoms with van der Waals surface area (Å²) in [6.45, 7) is 8.65. The lowest BCUT2D eigenvalue weighted by molar-refractivity contribution is 0.123. The molecule has 0 aliphatic heterocycles. The Morgan fingerprint density at radius 2 is 2.08 bits per heavy atom. The van der Waals surface area contributed by atoms with E-state index in [1.165, 1.54) is 0 Å². The Morgan fingerprint density at radius 1 is 1.46 bits per heavy atom. The van der Waals surface area contributed by atoms with Crippen LogP contribution in [0.25, 0.3) is 0 Å². The Balaban J connectivity index is 3.07. The van der Waals surface area contributed by atoms with Gasteiger partial charge < -0.3 is 0 Å². The van der Waals surface area contributed by atoms with E-state index in [4.69, 9.17) is 5.90 Å². The maximum absolute atomic E-state index is 5.05. The molecule has 0 aromatic carbocycles. The number of nitrogens with two attached hydrogens (primary N) is 1. The number of aromatic nitrogens is 2. The molecule has 4 heteroatoms. The number of hydrogen-bond acceptors (Lipinski definition) is 3. The van der Waals surface area contributed by atoms with E-state index in [0.29, 0.717) is 12.6 Å². The van der Waals surface area contributed by atoms with Gasteiger partial charge in [0.2, 0.25) is 0 Å². The molecular formula is C9H17N3O. The van der Waals surface area contributed by atoms with Gasteiger partial charge in [-0.3, -0.25) is 9.52 Å². The van der Waals surface area contributed by atoms with Crippen molar-refractivity contribution in [3.8, 4) is 0 Å². The number of nitrogens with zero attached hydrogens (tertiary/aromatic N) is 2. The van der Waals surface area contributed by atoms with Crippen LogP contribution in [0.2, 0.25) is 0 Å². The van der Waals surface area contributed by atoms with Crippen LogP contribution < -0.4 is 5.90 Å². The lowest BCUT2D eigenvalue weighted by atomic mass is 10.2. The Labute approximate surface area is 78.6 Å². The van der Waals surface area contributed by atoms with Crippen molar-refractivity contribution in [3.05, 3.63) is 17.0 Å². The van der Waals surface area contributed by atoms with E-state index in [0.717, 1.165) is 17.0 Å². The molecule has 0 fully saturated rings. The normalized spacial score (nSPS) is 11.2. The van der Waals surface area contributed by atoms with Crippen LogP contribution >= 0.6 is 0 Å². The predicted octanol–water partition coefficient (Wildman–Crippen LogP) is 1.47. The van der Waals surface area contributed by atoms with Crippen molar-refractivity contribution in [2.75, 3.05) is 0 Å². The zero-order valence-corrected chi connectivity index (χ0v) is 8.66. The predicted molar refractivity (Wildman–Crippen MR) is 51.1 cm³/mol. The summed E-state index contributed by atoms with van der Waals surface area (Å²) < 4.78 is 1.99. The molecule has 0 aliphatic rings. The summed E-state index contributed by atoms with van der Waals surface area (Å²) in [7, 11) is 0. The van der Waals surface area contributed by atoms with Gasteiger partial charge in [0.05, 0.1) is 12.3 Å². The molecule has 0 unspecified atom stereocenters. The molecule has 13 heavy (non-hydrogen) atoms. The average molecular weight is 183 g/mol. The van der Waals surface area contributed by atoms with Crippen LogP contribution in [0.1, 0.15) is 36.8 Å². The highest BCUT2D eigenvalue weighted by molar-refractivity contribution is 5.23. The van der Waals surface area contributed by atoms with Gasteiger partial charge >= 0.3 is 0 Å².